The molecule has 0 saturated carbocycles. The molecule has 2 amide bonds. The summed E-state index contributed by atoms with van der Waals surface area (Å²) in [6, 6.07) is 9.37. The van der Waals surface area contributed by atoms with Gasteiger partial charge >= 0.3 is 0 Å². The Labute approximate surface area is 140 Å². The first kappa shape index (κ1) is 17.2. The van der Waals surface area contributed by atoms with Crippen molar-refractivity contribution in [1.29, 1.82) is 0 Å². The SMILES string of the molecule is O=C(CNS(=O)(=O)c1ccccc1Br)NNC(=O)c1ccc[nH]1. The molecule has 0 aliphatic heterocycles. The van der Waals surface area contributed by atoms with E-state index in [9.17, 15) is 18.0 Å². The largest absolute Gasteiger partial charge is 0.357 e. The monoisotopic (exact) mass is 400 g/mol. The third-order valence-corrected chi connectivity index (χ3v) is 5.12. The van der Waals surface area contributed by atoms with Crippen LogP contribution in [0.2, 0.25) is 0 Å². The first-order chi connectivity index (χ1) is 10.9. The minimum Gasteiger partial charge on any atom is -0.357 e. The molecule has 0 spiro atoms. The summed E-state index contributed by atoms with van der Waals surface area (Å²) in [7, 11) is -3.84. The molecule has 122 valence electrons. The van der Waals surface area contributed by atoms with Crippen LogP contribution < -0.4 is 15.6 Å². The summed E-state index contributed by atoms with van der Waals surface area (Å²) in [5.41, 5.74) is 4.53. The summed E-state index contributed by atoms with van der Waals surface area (Å²) in [4.78, 5) is 25.9. The van der Waals surface area contributed by atoms with E-state index in [-0.39, 0.29) is 10.6 Å². The quantitative estimate of drug-likeness (QED) is 0.546. The van der Waals surface area contributed by atoms with Gasteiger partial charge in [0.2, 0.25) is 10.0 Å². The van der Waals surface area contributed by atoms with E-state index in [1.165, 1.54) is 12.1 Å². The number of sulfonamides is 1. The van der Waals surface area contributed by atoms with Crippen molar-refractivity contribution in [3.05, 3.63) is 52.8 Å². The van der Waals surface area contributed by atoms with Crippen LogP contribution in [0.25, 0.3) is 0 Å². The van der Waals surface area contributed by atoms with Gasteiger partial charge in [0.05, 0.1) is 11.4 Å². The van der Waals surface area contributed by atoms with Crippen LogP contribution in [0, 0.1) is 0 Å². The molecule has 1 aromatic heterocycles. The second-order valence-electron chi connectivity index (χ2n) is 4.34. The van der Waals surface area contributed by atoms with Crippen LogP contribution in [-0.4, -0.2) is 31.8 Å². The molecule has 0 radical (unpaired) electrons. The number of hydrazine groups is 1. The molecule has 1 heterocycles. The maximum Gasteiger partial charge on any atom is 0.286 e. The molecular formula is C13H13BrN4O4S. The fourth-order valence-corrected chi connectivity index (χ4v) is 3.59. The van der Waals surface area contributed by atoms with Gasteiger partial charge in [-0.15, -0.1) is 0 Å². The maximum atomic E-state index is 12.1. The number of hydrogen-bond acceptors (Lipinski definition) is 4. The molecule has 10 heteroatoms. The second kappa shape index (κ2) is 7.40. The number of hydrogen-bond donors (Lipinski definition) is 4. The fourth-order valence-electron chi connectivity index (χ4n) is 1.61. The zero-order valence-corrected chi connectivity index (χ0v) is 14.1. The summed E-state index contributed by atoms with van der Waals surface area (Å²) in [6.07, 6.45) is 1.56. The number of carbonyl (C=O) groups excluding carboxylic acids is 2. The van der Waals surface area contributed by atoms with E-state index in [2.05, 4.69) is 36.5 Å². The van der Waals surface area contributed by atoms with Crippen molar-refractivity contribution in [3.8, 4) is 0 Å². The highest BCUT2D eigenvalue weighted by molar-refractivity contribution is 9.10. The van der Waals surface area contributed by atoms with E-state index in [1.807, 2.05) is 0 Å². The van der Waals surface area contributed by atoms with E-state index in [0.29, 0.717) is 4.47 Å². The zero-order valence-electron chi connectivity index (χ0n) is 11.7. The lowest BCUT2D eigenvalue weighted by Gasteiger charge is -2.09. The Morgan fingerprint density at radius 3 is 2.48 bits per heavy atom. The molecule has 4 N–H and O–H groups in total. The van der Waals surface area contributed by atoms with Crippen molar-refractivity contribution in [2.45, 2.75) is 4.90 Å². The van der Waals surface area contributed by atoms with Gasteiger partial charge in [-0.25, -0.2) is 13.1 Å². The number of aromatic amines is 1. The standard InChI is InChI=1S/C13H13BrN4O4S/c14-9-4-1-2-6-11(9)23(21,22)16-8-12(19)17-18-13(20)10-5-3-7-15-10/h1-7,15-16H,8H2,(H,17,19)(H,18,20). The number of amides is 2. The minimum absolute atomic E-state index is 0.0169. The van der Waals surface area contributed by atoms with Crippen LogP contribution in [0.4, 0.5) is 0 Å². The topological polar surface area (TPSA) is 120 Å². The lowest BCUT2D eigenvalue weighted by atomic mass is 10.4. The van der Waals surface area contributed by atoms with Gasteiger partial charge in [-0.1, -0.05) is 12.1 Å². The Bertz CT molecular complexity index is 805. The van der Waals surface area contributed by atoms with Crippen molar-refractivity contribution in [2.24, 2.45) is 0 Å². The van der Waals surface area contributed by atoms with Crippen molar-refractivity contribution in [3.63, 3.8) is 0 Å². The number of nitrogens with one attached hydrogen (secondary N) is 4. The van der Waals surface area contributed by atoms with Crippen LogP contribution in [0.5, 0.6) is 0 Å². The Kier molecular flexibility index (Phi) is 5.53. The summed E-state index contributed by atoms with van der Waals surface area (Å²) in [5.74, 6) is -1.25. The molecule has 0 aliphatic rings. The van der Waals surface area contributed by atoms with Gasteiger partial charge in [-0.2, -0.15) is 0 Å². The van der Waals surface area contributed by atoms with E-state index >= 15 is 0 Å². The van der Waals surface area contributed by atoms with Gasteiger partial charge in [0, 0.05) is 10.7 Å². The number of carbonyl (C=O) groups is 2. The molecule has 23 heavy (non-hydrogen) atoms. The summed E-state index contributed by atoms with van der Waals surface area (Å²) >= 11 is 3.13. The van der Waals surface area contributed by atoms with E-state index in [4.69, 9.17) is 0 Å². The lowest BCUT2D eigenvalue weighted by Crippen LogP contribution is -2.46. The van der Waals surface area contributed by atoms with Gasteiger partial charge in [0.1, 0.15) is 5.69 Å². The molecule has 2 rings (SSSR count). The predicted molar refractivity (Wildman–Crippen MR) is 85.7 cm³/mol. The molecule has 8 nitrogen and oxygen atoms in total. The van der Waals surface area contributed by atoms with Crippen molar-refractivity contribution >= 4 is 37.8 Å². The number of rotatable bonds is 5. The smallest absolute Gasteiger partial charge is 0.286 e. The third-order valence-electron chi connectivity index (χ3n) is 2.71. The number of halogens is 1. The van der Waals surface area contributed by atoms with Gasteiger partial charge in [-0.05, 0) is 40.2 Å². The molecule has 1 aromatic carbocycles. The van der Waals surface area contributed by atoms with Gasteiger partial charge in [0.25, 0.3) is 11.8 Å². The fraction of sp³-hybridized carbons (Fsp3) is 0.0769. The first-order valence-corrected chi connectivity index (χ1v) is 8.64. The molecule has 0 atom stereocenters. The molecule has 0 fully saturated rings. The molecule has 0 aliphatic carbocycles. The van der Waals surface area contributed by atoms with E-state index < -0.39 is 28.4 Å². The molecular weight excluding hydrogens is 388 g/mol. The number of H-pyrrole nitrogens is 1. The second-order valence-corrected chi connectivity index (χ2v) is 6.93. The molecule has 0 bridgehead atoms. The van der Waals surface area contributed by atoms with Crippen molar-refractivity contribution in [1.82, 2.24) is 20.6 Å². The van der Waals surface area contributed by atoms with Crippen LogP contribution >= 0.6 is 15.9 Å². The van der Waals surface area contributed by atoms with Gasteiger partial charge in [-0.3, -0.25) is 20.4 Å². The molecule has 2 aromatic rings. The Morgan fingerprint density at radius 1 is 1.09 bits per heavy atom. The summed E-state index contributed by atoms with van der Waals surface area (Å²) in [6.45, 7) is -0.519. The summed E-state index contributed by atoms with van der Waals surface area (Å²) in [5, 5.41) is 0. The maximum absolute atomic E-state index is 12.1. The number of aromatic nitrogens is 1. The van der Waals surface area contributed by atoms with Crippen LogP contribution in [0.1, 0.15) is 10.5 Å². The Balaban J connectivity index is 1.87. The minimum atomic E-state index is -3.84. The highest BCUT2D eigenvalue weighted by Gasteiger charge is 2.18. The first-order valence-electron chi connectivity index (χ1n) is 6.37. The van der Waals surface area contributed by atoms with Crippen molar-refractivity contribution in [2.75, 3.05) is 6.54 Å². The zero-order chi connectivity index (χ0) is 16.9. The Morgan fingerprint density at radius 2 is 1.83 bits per heavy atom. The average molecular weight is 401 g/mol. The van der Waals surface area contributed by atoms with Crippen LogP contribution in [0.3, 0.4) is 0 Å². The van der Waals surface area contributed by atoms with Gasteiger partial charge in [0.15, 0.2) is 0 Å². The normalized spacial score (nSPS) is 11.0. The van der Waals surface area contributed by atoms with Crippen LogP contribution in [-0.2, 0) is 14.8 Å². The van der Waals surface area contributed by atoms with Crippen LogP contribution in [0.15, 0.2) is 52.0 Å². The van der Waals surface area contributed by atoms with E-state index in [0.717, 1.165) is 0 Å². The highest BCUT2D eigenvalue weighted by Crippen LogP contribution is 2.20. The molecule has 0 saturated heterocycles. The predicted octanol–water partition coefficient (Wildman–Crippen LogP) is 0.517. The average Bonchev–Trinajstić information content (AvgIpc) is 3.05. The van der Waals surface area contributed by atoms with E-state index in [1.54, 1.807) is 30.5 Å². The Hall–Kier alpha value is -2.17. The summed E-state index contributed by atoms with van der Waals surface area (Å²) < 4.78 is 26.7. The lowest BCUT2D eigenvalue weighted by molar-refractivity contribution is -0.120. The van der Waals surface area contributed by atoms with Gasteiger partial charge < -0.3 is 4.98 Å². The third kappa shape index (κ3) is 4.65. The molecule has 0 unspecified atom stereocenters. The highest BCUT2D eigenvalue weighted by atomic mass is 79.9. The van der Waals surface area contributed by atoms with Crippen molar-refractivity contribution < 1.29 is 18.0 Å². The number of benzene rings is 1.